The summed E-state index contributed by atoms with van der Waals surface area (Å²) in [6.45, 7) is 4.87. The van der Waals surface area contributed by atoms with Gasteiger partial charge >= 0.3 is 5.97 Å². The van der Waals surface area contributed by atoms with Crippen LogP contribution in [0.2, 0.25) is 0 Å². The zero-order chi connectivity index (χ0) is 11.3. The van der Waals surface area contributed by atoms with Gasteiger partial charge in [0.05, 0.1) is 12.5 Å². The maximum atomic E-state index is 11.5. The number of ether oxygens (including phenoxy) is 1. The average Bonchev–Trinajstić information content (AvgIpc) is 2.59. The van der Waals surface area contributed by atoms with Gasteiger partial charge in [0.1, 0.15) is 0 Å². The molecule has 15 heavy (non-hydrogen) atoms. The Morgan fingerprint density at radius 3 is 2.80 bits per heavy atom. The topological polar surface area (TPSA) is 52.3 Å². The Balaban J connectivity index is 2.11. The Labute approximate surface area is 91.7 Å². The molecule has 86 valence electrons. The SMILES string of the molecule is CC(C)CCCOC(=O)C1C=CC(N)C1. The molecule has 3 nitrogen and oxygen atoms in total. The summed E-state index contributed by atoms with van der Waals surface area (Å²) < 4.78 is 5.18. The molecule has 0 heterocycles. The van der Waals surface area contributed by atoms with Gasteiger partial charge in [-0.05, 0) is 25.2 Å². The van der Waals surface area contributed by atoms with E-state index in [9.17, 15) is 4.79 Å². The second-order valence-electron chi connectivity index (χ2n) is 4.59. The van der Waals surface area contributed by atoms with Crippen LogP contribution >= 0.6 is 0 Å². The fraction of sp³-hybridized carbons (Fsp3) is 0.750. The molecule has 0 aromatic rings. The van der Waals surface area contributed by atoms with E-state index in [1.807, 2.05) is 12.2 Å². The second-order valence-corrected chi connectivity index (χ2v) is 4.59. The molecule has 0 amide bonds. The van der Waals surface area contributed by atoms with Gasteiger partial charge in [0.25, 0.3) is 0 Å². The molecule has 0 aromatic carbocycles. The molecule has 0 aliphatic heterocycles. The van der Waals surface area contributed by atoms with Crippen LogP contribution < -0.4 is 5.73 Å². The van der Waals surface area contributed by atoms with E-state index in [1.165, 1.54) is 0 Å². The first-order chi connectivity index (χ1) is 7.09. The van der Waals surface area contributed by atoms with Crippen LogP contribution in [0.3, 0.4) is 0 Å². The van der Waals surface area contributed by atoms with E-state index in [-0.39, 0.29) is 17.9 Å². The summed E-state index contributed by atoms with van der Waals surface area (Å²) in [6.07, 6.45) is 6.48. The smallest absolute Gasteiger partial charge is 0.312 e. The van der Waals surface area contributed by atoms with Gasteiger partial charge in [-0.1, -0.05) is 26.0 Å². The van der Waals surface area contributed by atoms with Crippen molar-refractivity contribution in [3.8, 4) is 0 Å². The summed E-state index contributed by atoms with van der Waals surface area (Å²) in [5, 5.41) is 0. The summed E-state index contributed by atoms with van der Waals surface area (Å²) in [4.78, 5) is 11.5. The maximum absolute atomic E-state index is 11.5. The molecule has 1 aliphatic rings. The largest absolute Gasteiger partial charge is 0.465 e. The highest BCUT2D eigenvalue weighted by atomic mass is 16.5. The minimum absolute atomic E-state index is 0.0261. The molecule has 0 bridgehead atoms. The van der Waals surface area contributed by atoms with Crippen molar-refractivity contribution < 1.29 is 9.53 Å². The van der Waals surface area contributed by atoms with E-state index in [1.54, 1.807) is 0 Å². The maximum Gasteiger partial charge on any atom is 0.312 e. The molecule has 2 atom stereocenters. The molecule has 3 heteroatoms. The van der Waals surface area contributed by atoms with Gasteiger partial charge in [0, 0.05) is 6.04 Å². The molecule has 0 fully saturated rings. The summed E-state index contributed by atoms with van der Waals surface area (Å²) in [5.74, 6) is 0.436. The molecule has 0 saturated heterocycles. The molecule has 1 aliphatic carbocycles. The minimum Gasteiger partial charge on any atom is -0.465 e. The molecular formula is C12H21NO2. The first-order valence-corrected chi connectivity index (χ1v) is 5.70. The van der Waals surface area contributed by atoms with Crippen LogP contribution in [0.25, 0.3) is 0 Å². The van der Waals surface area contributed by atoms with Crippen LogP contribution in [-0.2, 0) is 9.53 Å². The van der Waals surface area contributed by atoms with Crippen molar-refractivity contribution in [2.24, 2.45) is 17.6 Å². The van der Waals surface area contributed by atoms with E-state index in [0.29, 0.717) is 18.9 Å². The van der Waals surface area contributed by atoms with Crippen LogP contribution in [0.5, 0.6) is 0 Å². The van der Waals surface area contributed by atoms with E-state index < -0.39 is 0 Å². The molecule has 2 N–H and O–H groups in total. The number of hydrogen-bond donors (Lipinski definition) is 1. The van der Waals surface area contributed by atoms with Crippen LogP contribution in [0, 0.1) is 11.8 Å². The van der Waals surface area contributed by atoms with E-state index in [4.69, 9.17) is 10.5 Å². The van der Waals surface area contributed by atoms with Crippen molar-refractivity contribution in [2.75, 3.05) is 6.61 Å². The van der Waals surface area contributed by atoms with Crippen molar-refractivity contribution in [1.82, 2.24) is 0 Å². The van der Waals surface area contributed by atoms with Crippen molar-refractivity contribution in [1.29, 1.82) is 0 Å². The Bertz CT molecular complexity index is 236. The predicted octanol–water partition coefficient (Wildman–Crippen LogP) is 1.87. The lowest BCUT2D eigenvalue weighted by molar-refractivity contribution is -0.147. The summed E-state index contributed by atoms with van der Waals surface area (Å²) in [7, 11) is 0. The molecule has 0 saturated carbocycles. The van der Waals surface area contributed by atoms with E-state index in [2.05, 4.69) is 13.8 Å². The van der Waals surface area contributed by atoms with Crippen molar-refractivity contribution >= 4 is 5.97 Å². The van der Waals surface area contributed by atoms with Gasteiger partial charge < -0.3 is 10.5 Å². The molecule has 2 unspecified atom stereocenters. The van der Waals surface area contributed by atoms with Gasteiger partial charge in [-0.15, -0.1) is 0 Å². The normalized spacial score (nSPS) is 24.8. The van der Waals surface area contributed by atoms with Crippen LogP contribution in [0.15, 0.2) is 12.2 Å². The lowest BCUT2D eigenvalue weighted by Crippen LogP contribution is -2.21. The molecule has 1 rings (SSSR count). The zero-order valence-corrected chi connectivity index (χ0v) is 9.61. The van der Waals surface area contributed by atoms with Gasteiger partial charge in [-0.3, -0.25) is 4.79 Å². The lowest BCUT2D eigenvalue weighted by Gasteiger charge is -2.10. The van der Waals surface area contributed by atoms with E-state index >= 15 is 0 Å². The third-order valence-electron chi connectivity index (χ3n) is 2.59. The van der Waals surface area contributed by atoms with Crippen molar-refractivity contribution in [3.63, 3.8) is 0 Å². The average molecular weight is 211 g/mol. The predicted molar refractivity (Wildman–Crippen MR) is 60.3 cm³/mol. The fourth-order valence-electron chi connectivity index (χ4n) is 1.67. The quantitative estimate of drug-likeness (QED) is 0.429. The third kappa shape index (κ3) is 4.47. The fourth-order valence-corrected chi connectivity index (χ4v) is 1.67. The Morgan fingerprint density at radius 1 is 1.53 bits per heavy atom. The number of hydrogen-bond acceptors (Lipinski definition) is 3. The standard InChI is InChI=1S/C12H21NO2/c1-9(2)4-3-7-15-12(14)10-5-6-11(13)8-10/h5-6,9-11H,3-4,7-8,13H2,1-2H3. The first kappa shape index (κ1) is 12.2. The van der Waals surface area contributed by atoms with E-state index in [0.717, 1.165) is 12.8 Å². The van der Waals surface area contributed by atoms with Crippen LogP contribution in [0.4, 0.5) is 0 Å². The Hall–Kier alpha value is -0.830. The summed E-state index contributed by atoms with van der Waals surface area (Å²) in [6, 6.07) is 0.0261. The third-order valence-corrected chi connectivity index (χ3v) is 2.59. The number of nitrogens with two attached hydrogens (primary N) is 1. The molecular weight excluding hydrogens is 190 g/mol. The summed E-state index contributed by atoms with van der Waals surface area (Å²) in [5.41, 5.74) is 5.66. The van der Waals surface area contributed by atoms with Crippen molar-refractivity contribution in [2.45, 2.75) is 39.2 Å². The molecule has 0 radical (unpaired) electrons. The Kier molecular flexibility index (Phi) is 4.82. The van der Waals surface area contributed by atoms with Gasteiger partial charge in [0.15, 0.2) is 0 Å². The lowest BCUT2D eigenvalue weighted by atomic mass is 10.1. The molecule has 0 spiro atoms. The zero-order valence-electron chi connectivity index (χ0n) is 9.61. The summed E-state index contributed by atoms with van der Waals surface area (Å²) >= 11 is 0. The minimum atomic E-state index is -0.122. The highest BCUT2D eigenvalue weighted by Gasteiger charge is 2.23. The monoisotopic (exact) mass is 211 g/mol. The highest BCUT2D eigenvalue weighted by Crippen LogP contribution is 2.18. The van der Waals surface area contributed by atoms with Crippen molar-refractivity contribution in [3.05, 3.63) is 12.2 Å². The first-order valence-electron chi connectivity index (χ1n) is 5.70. The number of carbonyl (C=O) groups is 1. The van der Waals surface area contributed by atoms with Crippen LogP contribution in [0.1, 0.15) is 33.1 Å². The number of rotatable bonds is 5. The number of carbonyl (C=O) groups excluding carboxylic acids is 1. The highest BCUT2D eigenvalue weighted by molar-refractivity contribution is 5.75. The van der Waals surface area contributed by atoms with Gasteiger partial charge in [0.2, 0.25) is 0 Å². The van der Waals surface area contributed by atoms with Crippen LogP contribution in [-0.4, -0.2) is 18.6 Å². The second kappa shape index (κ2) is 5.91. The number of esters is 1. The molecule has 0 aromatic heterocycles. The Morgan fingerprint density at radius 2 is 2.27 bits per heavy atom. The van der Waals surface area contributed by atoms with Gasteiger partial charge in [-0.2, -0.15) is 0 Å². The van der Waals surface area contributed by atoms with Gasteiger partial charge in [-0.25, -0.2) is 0 Å².